The fraction of sp³-hybridized carbons (Fsp3) is 0.250. The summed E-state index contributed by atoms with van der Waals surface area (Å²) in [5, 5.41) is 3.65. The first kappa shape index (κ1) is 16.6. The number of anilines is 2. The molecule has 6 heteroatoms. The molecule has 116 valence electrons. The SMILES string of the molecule is CCN(CC)c1ccc(C(=O)Nc2cc(Cl)ccc2Cl)nc1. The molecule has 0 fully saturated rings. The quantitative estimate of drug-likeness (QED) is 0.874. The fourth-order valence-corrected chi connectivity index (χ4v) is 2.41. The Morgan fingerprint density at radius 2 is 1.91 bits per heavy atom. The maximum absolute atomic E-state index is 12.2. The minimum atomic E-state index is -0.324. The summed E-state index contributed by atoms with van der Waals surface area (Å²) in [6.45, 7) is 5.93. The van der Waals surface area contributed by atoms with E-state index in [-0.39, 0.29) is 5.91 Å². The Labute approximate surface area is 140 Å². The van der Waals surface area contributed by atoms with Crippen LogP contribution in [0.5, 0.6) is 0 Å². The van der Waals surface area contributed by atoms with Crippen LogP contribution < -0.4 is 10.2 Å². The predicted molar refractivity (Wildman–Crippen MR) is 92.2 cm³/mol. The van der Waals surface area contributed by atoms with Crippen LogP contribution in [0.4, 0.5) is 11.4 Å². The molecule has 1 aromatic heterocycles. The van der Waals surface area contributed by atoms with Crippen LogP contribution in [0.1, 0.15) is 24.3 Å². The van der Waals surface area contributed by atoms with Gasteiger partial charge in [0.1, 0.15) is 5.69 Å². The molecule has 0 bridgehead atoms. The Morgan fingerprint density at radius 1 is 1.18 bits per heavy atom. The van der Waals surface area contributed by atoms with Crippen molar-refractivity contribution in [2.75, 3.05) is 23.3 Å². The van der Waals surface area contributed by atoms with Crippen molar-refractivity contribution in [3.63, 3.8) is 0 Å². The molecule has 0 atom stereocenters. The number of nitrogens with zero attached hydrogens (tertiary/aromatic N) is 2. The summed E-state index contributed by atoms with van der Waals surface area (Å²) in [7, 11) is 0. The van der Waals surface area contributed by atoms with Crippen LogP contribution in [-0.4, -0.2) is 24.0 Å². The number of halogens is 2. The van der Waals surface area contributed by atoms with Gasteiger partial charge in [-0.2, -0.15) is 0 Å². The molecule has 2 rings (SSSR count). The second-order valence-corrected chi connectivity index (χ2v) is 5.50. The van der Waals surface area contributed by atoms with Crippen molar-refractivity contribution in [3.8, 4) is 0 Å². The molecule has 1 heterocycles. The number of carbonyl (C=O) groups excluding carboxylic acids is 1. The predicted octanol–water partition coefficient (Wildman–Crippen LogP) is 4.49. The Balaban J connectivity index is 2.14. The molecule has 4 nitrogen and oxygen atoms in total. The topological polar surface area (TPSA) is 45.2 Å². The Morgan fingerprint density at radius 3 is 2.50 bits per heavy atom. The first-order chi connectivity index (χ1) is 10.5. The van der Waals surface area contributed by atoms with Gasteiger partial charge in [-0.25, -0.2) is 4.98 Å². The third kappa shape index (κ3) is 3.90. The van der Waals surface area contributed by atoms with Gasteiger partial charge in [0.15, 0.2) is 0 Å². The molecule has 0 unspecified atom stereocenters. The lowest BCUT2D eigenvalue weighted by molar-refractivity contribution is 0.102. The number of nitrogens with one attached hydrogen (secondary N) is 1. The normalized spacial score (nSPS) is 10.4. The highest BCUT2D eigenvalue weighted by Crippen LogP contribution is 2.25. The average Bonchev–Trinajstić information content (AvgIpc) is 2.53. The van der Waals surface area contributed by atoms with Crippen molar-refractivity contribution >= 4 is 40.5 Å². The number of rotatable bonds is 5. The lowest BCUT2D eigenvalue weighted by atomic mass is 10.2. The van der Waals surface area contributed by atoms with E-state index in [2.05, 4.69) is 29.0 Å². The smallest absolute Gasteiger partial charge is 0.274 e. The van der Waals surface area contributed by atoms with Gasteiger partial charge >= 0.3 is 0 Å². The van der Waals surface area contributed by atoms with Gasteiger partial charge < -0.3 is 10.2 Å². The molecule has 2 aromatic rings. The third-order valence-corrected chi connectivity index (χ3v) is 3.85. The van der Waals surface area contributed by atoms with E-state index in [0.29, 0.717) is 21.4 Å². The van der Waals surface area contributed by atoms with Crippen LogP contribution >= 0.6 is 23.2 Å². The first-order valence-corrected chi connectivity index (χ1v) is 7.78. The molecule has 1 amide bonds. The fourth-order valence-electron chi connectivity index (χ4n) is 2.08. The summed E-state index contributed by atoms with van der Waals surface area (Å²) in [4.78, 5) is 18.6. The van der Waals surface area contributed by atoms with Gasteiger partial charge in [-0.3, -0.25) is 4.79 Å². The van der Waals surface area contributed by atoms with Gasteiger partial charge in [0.05, 0.1) is 22.6 Å². The number of aromatic nitrogens is 1. The van der Waals surface area contributed by atoms with Crippen molar-refractivity contribution in [2.45, 2.75) is 13.8 Å². The molecule has 0 aliphatic rings. The molecule has 0 spiro atoms. The van der Waals surface area contributed by atoms with Crippen LogP contribution in [-0.2, 0) is 0 Å². The number of pyridine rings is 1. The lowest BCUT2D eigenvalue weighted by Crippen LogP contribution is -2.22. The van der Waals surface area contributed by atoms with Crippen molar-refractivity contribution < 1.29 is 4.79 Å². The van der Waals surface area contributed by atoms with E-state index >= 15 is 0 Å². The van der Waals surface area contributed by atoms with Crippen LogP contribution in [0.3, 0.4) is 0 Å². The van der Waals surface area contributed by atoms with Crippen LogP contribution in [0.2, 0.25) is 10.0 Å². The highest BCUT2D eigenvalue weighted by molar-refractivity contribution is 6.35. The Kier molecular flexibility index (Phi) is 5.63. The summed E-state index contributed by atoms with van der Waals surface area (Å²) < 4.78 is 0. The van der Waals surface area contributed by atoms with Gasteiger partial charge in [0, 0.05) is 18.1 Å². The monoisotopic (exact) mass is 337 g/mol. The summed E-state index contributed by atoms with van der Waals surface area (Å²) >= 11 is 11.9. The maximum atomic E-state index is 12.2. The molecule has 0 aliphatic heterocycles. The van der Waals surface area contributed by atoms with Gasteiger partial charge in [0.25, 0.3) is 5.91 Å². The second-order valence-electron chi connectivity index (χ2n) is 4.65. The maximum Gasteiger partial charge on any atom is 0.274 e. The average molecular weight is 338 g/mol. The zero-order chi connectivity index (χ0) is 16.1. The van der Waals surface area contributed by atoms with Gasteiger partial charge in [0.2, 0.25) is 0 Å². The van der Waals surface area contributed by atoms with Crippen LogP contribution in [0.25, 0.3) is 0 Å². The zero-order valence-electron chi connectivity index (χ0n) is 12.4. The van der Waals surface area contributed by atoms with Crippen molar-refractivity contribution in [1.29, 1.82) is 0 Å². The van der Waals surface area contributed by atoms with Gasteiger partial charge in [-0.1, -0.05) is 23.2 Å². The molecular weight excluding hydrogens is 321 g/mol. The third-order valence-electron chi connectivity index (χ3n) is 3.29. The van der Waals surface area contributed by atoms with E-state index in [4.69, 9.17) is 23.2 Å². The minimum absolute atomic E-state index is 0.324. The van der Waals surface area contributed by atoms with E-state index in [1.54, 1.807) is 30.5 Å². The van der Waals surface area contributed by atoms with Crippen molar-refractivity contribution in [3.05, 3.63) is 52.3 Å². The summed E-state index contributed by atoms with van der Waals surface area (Å²) in [6.07, 6.45) is 1.70. The summed E-state index contributed by atoms with van der Waals surface area (Å²) in [5.74, 6) is -0.324. The largest absolute Gasteiger partial charge is 0.371 e. The minimum Gasteiger partial charge on any atom is -0.371 e. The molecule has 0 radical (unpaired) electrons. The van der Waals surface area contributed by atoms with Crippen molar-refractivity contribution in [1.82, 2.24) is 4.98 Å². The number of carbonyl (C=O) groups is 1. The molecule has 0 aliphatic carbocycles. The lowest BCUT2D eigenvalue weighted by Gasteiger charge is -2.20. The van der Waals surface area contributed by atoms with E-state index in [0.717, 1.165) is 18.8 Å². The number of hydrogen-bond acceptors (Lipinski definition) is 3. The Hall–Kier alpha value is -1.78. The van der Waals surface area contributed by atoms with Crippen LogP contribution in [0.15, 0.2) is 36.5 Å². The molecule has 1 N–H and O–H groups in total. The zero-order valence-corrected chi connectivity index (χ0v) is 13.9. The number of amides is 1. The molecule has 0 saturated heterocycles. The van der Waals surface area contributed by atoms with E-state index in [1.807, 2.05) is 6.07 Å². The second kappa shape index (κ2) is 7.47. The molecule has 0 saturated carbocycles. The van der Waals surface area contributed by atoms with Gasteiger partial charge in [-0.05, 0) is 44.2 Å². The number of benzene rings is 1. The molecule has 1 aromatic carbocycles. The molecular formula is C16H17Cl2N3O. The number of hydrogen-bond donors (Lipinski definition) is 1. The first-order valence-electron chi connectivity index (χ1n) is 7.02. The van der Waals surface area contributed by atoms with E-state index in [1.165, 1.54) is 0 Å². The summed E-state index contributed by atoms with van der Waals surface area (Å²) in [6, 6.07) is 8.48. The van der Waals surface area contributed by atoms with Crippen molar-refractivity contribution in [2.24, 2.45) is 0 Å². The van der Waals surface area contributed by atoms with E-state index in [9.17, 15) is 4.79 Å². The highest BCUT2D eigenvalue weighted by Gasteiger charge is 2.11. The highest BCUT2D eigenvalue weighted by atomic mass is 35.5. The Bertz CT molecular complexity index is 655. The standard InChI is InChI=1S/C16H17Cl2N3O/c1-3-21(4-2)12-6-8-14(19-10-12)16(22)20-15-9-11(17)5-7-13(15)18/h5-10H,3-4H2,1-2H3,(H,20,22). The molecule has 22 heavy (non-hydrogen) atoms. The summed E-state index contributed by atoms with van der Waals surface area (Å²) in [5.41, 5.74) is 1.78. The van der Waals surface area contributed by atoms with E-state index < -0.39 is 0 Å². The van der Waals surface area contributed by atoms with Crippen LogP contribution in [0, 0.1) is 0 Å². The van der Waals surface area contributed by atoms with Gasteiger partial charge in [-0.15, -0.1) is 0 Å².